The zero-order chi connectivity index (χ0) is 65.0. The average molecular weight is 1340 g/mol. The van der Waals surface area contributed by atoms with Gasteiger partial charge in [0.2, 0.25) is 29.5 Å². The van der Waals surface area contributed by atoms with Crippen LogP contribution in [0.4, 0.5) is 0 Å². The normalized spacial score (nSPS) is 26.4. The number of aliphatic hydroxyl groups excluding tert-OH is 5. The van der Waals surface area contributed by atoms with Crippen LogP contribution in [0.2, 0.25) is 0 Å². The summed E-state index contributed by atoms with van der Waals surface area (Å²) in [5.41, 5.74) is 1.09. The van der Waals surface area contributed by atoms with Gasteiger partial charge in [0.25, 0.3) is 5.79 Å². The SMILES string of the molecule is CC(=O)CO/N=C/C1OC(OCC2OC(O)C(O)C(O)C2O)(C(=O)O)CC(O)C1NC(C)=O.CCC(C)C(C(CC(=O)N1CCCC1C(OC)C(C)C(=O)NC(Cc1ccccc1)c1nccs1)OC)N(C)C(=O)C(NC(=O)C(NC)C(C)C)C(C)C.[Y]. The summed E-state index contributed by atoms with van der Waals surface area (Å²) < 4.78 is 27.9. The van der Waals surface area contributed by atoms with Gasteiger partial charge in [0.1, 0.15) is 41.6 Å². The van der Waals surface area contributed by atoms with E-state index in [0.29, 0.717) is 19.4 Å². The molecule has 2 aromatic rings. The average Bonchev–Trinajstić information content (AvgIpc) is 1.42. The Hall–Kier alpha value is -4.53. The number of hydrogen-bond donors (Lipinski definition) is 10. The van der Waals surface area contributed by atoms with E-state index in [2.05, 4.69) is 45.3 Å². The fraction of sp³-hybridized carbons (Fsp3) is 0.712. The van der Waals surface area contributed by atoms with Gasteiger partial charge in [-0.05, 0) is 56.6 Å². The van der Waals surface area contributed by atoms with E-state index in [1.165, 1.54) is 18.3 Å². The van der Waals surface area contributed by atoms with Crippen molar-refractivity contribution in [2.75, 3.05) is 48.1 Å². The first-order valence-electron chi connectivity index (χ1n) is 29.4. The van der Waals surface area contributed by atoms with Crippen molar-refractivity contribution in [3.05, 3.63) is 52.5 Å². The molecule has 1 aromatic carbocycles. The predicted molar refractivity (Wildman–Crippen MR) is 317 cm³/mol. The summed E-state index contributed by atoms with van der Waals surface area (Å²) in [5, 5.41) is 77.2. The molecule has 18 unspecified atom stereocenters. The zero-order valence-corrected chi connectivity index (χ0v) is 56.4. The van der Waals surface area contributed by atoms with Crippen molar-refractivity contribution in [1.29, 1.82) is 0 Å². The van der Waals surface area contributed by atoms with Crippen LogP contribution < -0.4 is 21.3 Å². The molecule has 10 N–H and O–H groups in total. The quantitative estimate of drug-likeness (QED) is 0.0380. The molecule has 0 aliphatic carbocycles. The Morgan fingerprint density at radius 2 is 1.58 bits per heavy atom. The Morgan fingerprint density at radius 3 is 2.12 bits per heavy atom. The molecule has 4 heterocycles. The van der Waals surface area contributed by atoms with E-state index in [4.69, 9.17) is 28.5 Å². The zero-order valence-electron chi connectivity index (χ0n) is 52.7. The first-order chi connectivity index (χ1) is 41.1. The van der Waals surface area contributed by atoms with E-state index in [1.807, 2.05) is 75.2 Å². The van der Waals surface area contributed by atoms with Gasteiger partial charge in [0.05, 0.1) is 73.7 Å². The number of aliphatic hydroxyl groups is 5. The van der Waals surface area contributed by atoms with E-state index < -0.39 is 116 Å². The number of ether oxygens (including phenoxy) is 5. The van der Waals surface area contributed by atoms with Crippen molar-refractivity contribution in [3.63, 3.8) is 0 Å². The third-order valence-corrected chi connectivity index (χ3v) is 17.0. The van der Waals surface area contributed by atoms with E-state index in [1.54, 1.807) is 39.4 Å². The summed E-state index contributed by atoms with van der Waals surface area (Å²) in [6.07, 6.45) is -7.85. The van der Waals surface area contributed by atoms with Crippen LogP contribution in [0.25, 0.3) is 0 Å². The third-order valence-electron chi connectivity index (χ3n) is 16.1. The minimum Gasteiger partial charge on any atom is -0.477 e. The van der Waals surface area contributed by atoms with Gasteiger partial charge in [0, 0.05) is 85.4 Å². The molecule has 5 amide bonds. The number of likely N-dealkylation sites (N-methyl/N-ethyl adjacent to an activating group) is 2. The number of aromatic nitrogens is 1. The molecule has 18 atom stereocenters. The van der Waals surface area contributed by atoms with Crippen molar-refractivity contribution in [2.24, 2.45) is 28.8 Å². The molecule has 3 aliphatic heterocycles. The van der Waals surface area contributed by atoms with Crippen molar-refractivity contribution in [2.45, 2.75) is 198 Å². The fourth-order valence-corrected chi connectivity index (χ4v) is 11.8. The molecule has 29 heteroatoms. The fourth-order valence-electron chi connectivity index (χ4n) is 11.1. The maximum atomic E-state index is 14.3. The third kappa shape index (κ3) is 21.3. The smallest absolute Gasteiger partial charge is 0.364 e. The van der Waals surface area contributed by atoms with Crippen LogP contribution >= 0.6 is 11.3 Å². The van der Waals surface area contributed by atoms with Crippen LogP contribution in [0.3, 0.4) is 0 Å². The number of aliphatic carboxylic acids is 1. The van der Waals surface area contributed by atoms with Crippen LogP contribution in [0, 0.1) is 23.7 Å². The molecule has 3 saturated heterocycles. The van der Waals surface area contributed by atoms with E-state index in [-0.39, 0.29) is 105 Å². The summed E-state index contributed by atoms with van der Waals surface area (Å²) in [7, 11) is 6.65. The standard InChI is InChI=1S/C41H66N6O6S.C18H28N2O13.Y/c1-12-27(6)36(46(9)41(51)35(26(4)5)45-39(50)34(42-8)25(2)3)32(52-10)24-33(48)47-21-16-19-31(47)37(53-11)28(7)38(49)44-30(40-43-20-22-54-40)23-29-17-14-13-15-18-29;1-7(21)5-31-19-4-10-12(20-8(2)22)9(23)3-18(33-10,17(28)29)30-6-11-13(24)14(25)15(26)16(27)32-11;/h13-15,17-18,20,22,25-28,30-32,34-37,42H,12,16,19,21,23-24H2,1-11H3,(H,44,49)(H,45,50);4,9-16,23-27H,3,5-6H2,1-2H3,(H,20,22)(H,28,29);/b;19-4+;. The van der Waals surface area contributed by atoms with Crippen LogP contribution in [-0.2, 0) is 101 Å². The first-order valence-corrected chi connectivity index (χ1v) is 30.3. The van der Waals surface area contributed by atoms with Crippen LogP contribution in [-0.4, -0.2) is 232 Å². The van der Waals surface area contributed by atoms with Crippen molar-refractivity contribution in [3.8, 4) is 0 Å². The number of benzene rings is 1. The molecule has 27 nitrogen and oxygen atoms in total. The Labute approximate surface area is 544 Å². The minimum absolute atomic E-state index is 0. The van der Waals surface area contributed by atoms with Crippen molar-refractivity contribution in [1.82, 2.24) is 36.1 Å². The van der Waals surface area contributed by atoms with Gasteiger partial charge < -0.3 is 90.2 Å². The largest absolute Gasteiger partial charge is 0.477 e. The summed E-state index contributed by atoms with van der Waals surface area (Å²) in [6, 6.07) is 6.62. The van der Waals surface area contributed by atoms with E-state index in [9.17, 15) is 64.2 Å². The molecule has 3 fully saturated rings. The molecule has 0 spiro atoms. The number of carboxylic acids is 1. The van der Waals surface area contributed by atoms with Crippen molar-refractivity contribution >= 4 is 58.8 Å². The van der Waals surface area contributed by atoms with Gasteiger partial charge >= 0.3 is 5.97 Å². The number of hydrogen-bond acceptors (Lipinski definition) is 22. The number of thiazole rings is 1. The molecular formula is C59H94N8O19SY. The van der Waals surface area contributed by atoms with Gasteiger partial charge in [0.15, 0.2) is 18.7 Å². The van der Waals surface area contributed by atoms with Gasteiger partial charge in [-0.2, -0.15) is 0 Å². The summed E-state index contributed by atoms with van der Waals surface area (Å²) >= 11 is 1.51. The second kappa shape index (κ2) is 37.1. The maximum Gasteiger partial charge on any atom is 0.364 e. The number of oxime groups is 1. The number of ketones is 1. The Kier molecular flexibility index (Phi) is 32.8. The van der Waals surface area contributed by atoms with Gasteiger partial charge in [-0.15, -0.1) is 11.3 Å². The molecule has 493 valence electrons. The van der Waals surface area contributed by atoms with E-state index >= 15 is 0 Å². The second-order valence-electron chi connectivity index (χ2n) is 23.2. The summed E-state index contributed by atoms with van der Waals surface area (Å²) in [6.45, 7) is 15.5. The molecule has 5 rings (SSSR count). The number of Topliss-reactive ketones (excluding diaryl/α,β-unsaturated/α-hetero) is 1. The molecule has 1 aromatic heterocycles. The monoisotopic (exact) mass is 1340 g/mol. The number of amides is 5. The Morgan fingerprint density at radius 1 is 0.920 bits per heavy atom. The van der Waals surface area contributed by atoms with E-state index in [0.717, 1.165) is 36.6 Å². The number of nitrogens with one attached hydrogen (secondary N) is 4. The molecule has 1 radical (unpaired) electrons. The number of carboxylic acid groups (broad SMARTS) is 1. The van der Waals surface area contributed by atoms with Gasteiger partial charge in [-0.1, -0.05) is 90.4 Å². The Bertz CT molecular complexity index is 2540. The van der Waals surface area contributed by atoms with Crippen LogP contribution in [0.15, 0.2) is 47.1 Å². The first kappa shape index (κ1) is 77.7. The minimum atomic E-state index is -2.53. The number of methoxy groups -OCH3 is 2. The number of carbonyl (C=O) groups is 7. The summed E-state index contributed by atoms with van der Waals surface area (Å²) in [4.78, 5) is 103. The number of nitrogens with zero attached hydrogens (tertiary/aromatic N) is 4. The summed E-state index contributed by atoms with van der Waals surface area (Å²) in [5.74, 6) is -6.53. The van der Waals surface area contributed by atoms with Crippen LogP contribution in [0.1, 0.15) is 111 Å². The number of likely N-dealkylation sites (tertiary alicyclic amines) is 1. The molecule has 0 saturated carbocycles. The predicted octanol–water partition coefficient (Wildman–Crippen LogP) is 0.675. The molecule has 88 heavy (non-hydrogen) atoms. The number of rotatable bonds is 30. The second-order valence-corrected chi connectivity index (χ2v) is 24.1. The Balaban J connectivity index is 0.000000510. The van der Waals surface area contributed by atoms with Gasteiger partial charge in [-0.3, -0.25) is 28.8 Å². The molecule has 3 aliphatic rings. The van der Waals surface area contributed by atoms with Crippen LogP contribution in [0.5, 0.6) is 0 Å². The molecular weight excluding hydrogens is 1250 g/mol. The van der Waals surface area contributed by atoms with Crippen molar-refractivity contribution < 1.29 is 125 Å². The molecule has 0 bridgehead atoms. The maximum absolute atomic E-state index is 14.3. The number of carbonyl (C=O) groups excluding carboxylic acids is 6. The topological polar surface area (TPSA) is 376 Å². The van der Waals surface area contributed by atoms with Gasteiger partial charge in [-0.25, -0.2) is 9.78 Å².